The largest absolute Gasteiger partial charge is 0.490 e. The van der Waals surface area contributed by atoms with Crippen LogP contribution in [-0.2, 0) is 14.3 Å². The monoisotopic (exact) mass is 308 g/mol. The second-order valence-electron chi connectivity index (χ2n) is 5.27. The molecule has 0 bridgehead atoms. The average Bonchev–Trinajstić information content (AvgIpc) is 2.53. The Balaban J connectivity index is 1.81. The topological polar surface area (TPSA) is 59.1 Å². The van der Waals surface area contributed by atoms with Gasteiger partial charge in [0.2, 0.25) is 5.91 Å². The molecule has 1 unspecified atom stereocenters. The van der Waals surface area contributed by atoms with Crippen molar-refractivity contribution in [3.63, 3.8) is 0 Å². The number of halogens is 1. The summed E-state index contributed by atoms with van der Waals surface area (Å²) in [6.45, 7) is 3.15. The highest BCUT2D eigenvalue weighted by atomic mass is 19.1. The summed E-state index contributed by atoms with van der Waals surface area (Å²) in [6, 6.07) is 4.08. The van der Waals surface area contributed by atoms with Crippen LogP contribution in [0.2, 0.25) is 0 Å². The number of hydrogen-bond donors (Lipinski definition) is 0. The summed E-state index contributed by atoms with van der Waals surface area (Å²) in [5.41, 5.74) is 0.403. The molecular formula is C15H17FN2O4. The van der Waals surface area contributed by atoms with Gasteiger partial charge in [-0.3, -0.25) is 9.59 Å². The first-order valence-electron chi connectivity index (χ1n) is 7.17. The standard InChI is InChI=1S/C15H17FN2O4/c1-10(19)17-4-6-22-14(9-17)15(20)18-5-7-21-13-3-2-11(16)8-12(13)18/h2-3,8,14H,4-7,9H2,1H3. The van der Waals surface area contributed by atoms with Crippen LogP contribution in [-0.4, -0.2) is 55.7 Å². The van der Waals surface area contributed by atoms with Crippen molar-refractivity contribution in [1.29, 1.82) is 0 Å². The smallest absolute Gasteiger partial charge is 0.258 e. The van der Waals surface area contributed by atoms with Crippen LogP contribution in [0.15, 0.2) is 18.2 Å². The van der Waals surface area contributed by atoms with E-state index in [0.717, 1.165) is 0 Å². The molecule has 1 saturated heterocycles. The Morgan fingerprint density at radius 2 is 2.09 bits per heavy atom. The Bertz CT molecular complexity index is 607. The fourth-order valence-electron chi connectivity index (χ4n) is 2.68. The molecule has 118 valence electrons. The first kappa shape index (κ1) is 14.8. The van der Waals surface area contributed by atoms with E-state index in [1.165, 1.54) is 30.0 Å². The van der Waals surface area contributed by atoms with E-state index >= 15 is 0 Å². The van der Waals surface area contributed by atoms with Crippen LogP contribution >= 0.6 is 0 Å². The number of carbonyl (C=O) groups excluding carboxylic acids is 2. The van der Waals surface area contributed by atoms with Gasteiger partial charge in [-0.15, -0.1) is 0 Å². The molecule has 0 aromatic heterocycles. The molecule has 0 aliphatic carbocycles. The maximum absolute atomic E-state index is 13.5. The molecule has 1 aromatic rings. The molecule has 2 aliphatic rings. The third-order valence-corrected chi connectivity index (χ3v) is 3.84. The van der Waals surface area contributed by atoms with Crippen LogP contribution in [0.5, 0.6) is 5.75 Å². The van der Waals surface area contributed by atoms with Crippen LogP contribution in [0.1, 0.15) is 6.92 Å². The lowest BCUT2D eigenvalue weighted by Gasteiger charge is -2.36. The number of ether oxygens (including phenoxy) is 2. The molecule has 1 fully saturated rings. The maximum Gasteiger partial charge on any atom is 0.258 e. The molecule has 2 heterocycles. The number of rotatable bonds is 1. The molecule has 3 rings (SSSR count). The average molecular weight is 308 g/mol. The normalized spacial score (nSPS) is 21.1. The van der Waals surface area contributed by atoms with Gasteiger partial charge in [-0.2, -0.15) is 0 Å². The van der Waals surface area contributed by atoms with Crippen molar-refractivity contribution in [2.75, 3.05) is 37.7 Å². The maximum atomic E-state index is 13.5. The van der Waals surface area contributed by atoms with E-state index < -0.39 is 11.9 Å². The summed E-state index contributed by atoms with van der Waals surface area (Å²) in [5.74, 6) is -0.326. The van der Waals surface area contributed by atoms with E-state index in [4.69, 9.17) is 9.47 Å². The highest BCUT2D eigenvalue weighted by Crippen LogP contribution is 2.32. The van der Waals surface area contributed by atoms with Crippen molar-refractivity contribution in [1.82, 2.24) is 4.90 Å². The molecule has 0 radical (unpaired) electrons. The first-order chi connectivity index (χ1) is 10.6. The SMILES string of the molecule is CC(=O)N1CCOC(C(=O)N2CCOc3ccc(F)cc32)C1. The Morgan fingerprint density at radius 1 is 1.27 bits per heavy atom. The summed E-state index contributed by atoms with van der Waals surface area (Å²) in [4.78, 5) is 27.2. The molecule has 2 amide bonds. The van der Waals surface area contributed by atoms with Crippen molar-refractivity contribution in [2.45, 2.75) is 13.0 Å². The molecule has 22 heavy (non-hydrogen) atoms. The molecule has 7 heteroatoms. The van der Waals surface area contributed by atoms with Crippen molar-refractivity contribution < 1.29 is 23.5 Å². The number of fused-ring (bicyclic) bond motifs is 1. The predicted molar refractivity (Wildman–Crippen MR) is 76.2 cm³/mol. The number of benzene rings is 1. The molecule has 0 spiro atoms. The third-order valence-electron chi connectivity index (χ3n) is 3.84. The van der Waals surface area contributed by atoms with Crippen molar-refractivity contribution >= 4 is 17.5 Å². The Labute approximate surface area is 127 Å². The Kier molecular flexibility index (Phi) is 3.98. The quantitative estimate of drug-likeness (QED) is 0.770. The van der Waals surface area contributed by atoms with Crippen molar-refractivity contribution in [3.05, 3.63) is 24.0 Å². The van der Waals surface area contributed by atoms with Gasteiger partial charge in [0.15, 0.2) is 6.10 Å². The number of hydrogen-bond acceptors (Lipinski definition) is 4. The molecule has 6 nitrogen and oxygen atoms in total. The second kappa shape index (κ2) is 5.92. The number of nitrogens with zero attached hydrogens (tertiary/aromatic N) is 2. The van der Waals surface area contributed by atoms with Crippen LogP contribution in [0.25, 0.3) is 0 Å². The Hall–Kier alpha value is -2.15. The number of amides is 2. The zero-order valence-corrected chi connectivity index (χ0v) is 12.3. The second-order valence-corrected chi connectivity index (χ2v) is 5.27. The molecule has 2 aliphatic heterocycles. The highest BCUT2D eigenvalue weighted by Gasteiger charge is 2.34. The van der Waals surface area contributed by atoms with Gasteiger partial charge in [-0.25, -0.2) is 4.39 Å². The van der Waals surface area contributed by atoms with Crippen LogP contribution in [0, 0.1) is 5.82 Å². The highest BCUT2D eigenvalue weighted by molar-refractivity contribution is 5.98. The lowest BCUT2D eigenvalue weighted by atomic mass is 10.1. The van der Waals surface area contributed by atoms with Gasteiger partial charge in [-0.1, -0.05) is 0 Å². The van der Waals surface area contributed by atoms with E-state index in [1.807, 2.05) is 0 Å². The number of morpholine rings is 1. The molecule has 1 atom stereocenters. The van der Waals surface area contributed by atoms with Gasteiger partial charge in [-0.05, 0) is 12.1 Å². The third kappa shape index (κ3) is 2.76. The minimum atomic E-state index is -0.730. The lowest BCUT2D eigenvalue weighted by molar-refractivity contribution is -0.144. The Morgan fingerprint density at radius 3 is 2.86 bits per heavy atom. The van der Waals surface area contributed by atoms with Gasteiger partial charge in [0.25, 0.3) is 5.91 Å². The fraction of sp³-hybridized carbons (Fsp3) is 0.467. The fourth-order valence-corrected chi connectivity index (χ4v) is 2.68. The van der Waals surface area contributed by atoms with Gasteiger partial charge in [0.1, 0.15) is 18.2 Å². The molecule has 0 N–H and O–H groups in total. The van der Waals surface area contributed by atoms with E-state index in [2.05, 4.69) is 0 Å². The van der Waals surface area contributed by atoms with Gasteiger partial charge in [0.05, 0.1) is 25.4 Å². The zero-order chi connectivity index (χ0) is 15.7. The summed E-state index contributed by atoms with van der Waals surface area (Å²) in [5, 5.41) is 0. The minimum Gasteiger partial charge on any atom is -0.490 e. The van der Waals surface area contributed by atoms with E-state index in [9.17, 15) is 14.0 Å². The van der Waals surface area contributed by atoms with Gasteiger partial charge < -0.3 is 19.3 Å². The molecule has 0 saturated carbocycles. The first-order valence-corrected chi connectivity index (χ1v) is 7.17. The zero-order valence-electron chi connectivity index (χ0n) is 12.3. The molecular weight excluding hydrogens is 291 g/mol. The summed E-state index contributed by atoms with van der Waals surface area (Å²) < 4.78 is 24.4. The van der Waals surface area contributed by atoms with Crippen molar-refractivity contribution in [3.8, 4) is 5.75 Å². The molecule has 1 aromatic carbocycles. The van der Waals surface area contributed by atoms with E-state index in [1.54, 1.807) is 4.90 Å². The summed E-state index contributed by atoms with van der Waals surface area (Å²) >= 11 is 0. The van der Waals surface area contributed by atoms with Gasteiger partial charge >= 0.3 is 0 Å². The number of anilines is 1. The lowest BCUT2D eigenvalue weighted by Crippen LogP contribution is -2.53. The summed E-state index contributed by atoms with van der Waals surface area (Å²) in [6.07, 6.45) is -0.730. The predicted octanol–water partition coefficient (Wildman–Crippen LogP) is 0.798. The van der Waals surface area contributed by atoms with Crippen LogP contribution in [0.4, 0.5) is 10.1 Å². The van der Waals surface area contributed by atoms with Crippen molar-refractivity contribution in [2.24, 2.45) is 0 Å². The number of carbonyl (C=O) groups is 2. The summed E-state index contributed by atoms with van der Waals surface area (Å²) in [7, 11) is 0. The van der Waals surface area contributed by atoms with Crippen LogP contribution < -0.4 is 9.64 Å². The van der Waals surface area contributed by atoms with Gasteiger partial charge in [0, 0.05) is 19.5 Å². The minimum absolute atomic E-state index is 0.0884. The van der Waals surface area contributed by atoms with E-state index in [-0.39, 0.29) is 18.4 Å². The van der Waals surface area contributed by atoms with E-state index in [0.29, 0.717) is 37.7 Å². The van der Waals surface area contributed by atoms with Crippen LogP contribution in [0.3, 0.4) is 0 Å².